The molecule has 9 heteroatoms. The molecule has 2 amide bonds. The SMILES string of the molecule is CN1CCOCCn2cc(c3ccccc32)C2=C(C(=O)NC2=O)c2nn(c3ccccc23)CCOCC1. The van der Waals surface area contributed by atoms with Crippen LogP contribution in [0.15, 0.2) is 54.7 Å². The fourth-order valence-corrected chi connectivity index (χ4v) is 5.12. The van der Waals surface area contributed by atoms with Gasteiger partial charge in [0.25, 0.3) is 11.8 Å². The lowest BCUT2D eigenvalue weighted by Crippen LogP contribution is -2.27. The molecule has 6 rings (SSSR count). The zero-order chi connectivity index (χ0) is 25.4. The summed E-state index contributed by atoms with van der Waals surface area (Å²) in [5.74, 6) is -0.837. The Morgan fingerprint density at radius 2 is 1.38 bits per heavy atom. The number of carbonyl (C=O) groups excluding carboxylic acids is 2. The number of rotatable bonds is 0. The average molecular weight is 500 g/mol. The summed E-state index contributed by atoms with van der Waals surface area (Å²) in [6, 6.07) is 15.7. The van der Waals surface area contributed by atoms with Crippen molar-refractivity contribution in [1.82, 2.24) is 24.6 Å². The molecule has 4 heterocycles. The molecule has 4 bridgehead atoms. The molecule has 0 saturated carbocycles. The topological polar surface area (TPSA) is 90.6 Å². The van der Waals surface area contributed by atoms with Crippen LogP contribution in [0.5, 0.6) is 0 Å². The number of aromatic nitrogens is 3. The number of amides is 2. The first-order valence-electron chi connectivity index (χ1n) is 12.6. The van der Waals surface area contributed by atoms with Crippen molar-refractivity contribution in [3.63, 3.8) is 0 Å². The molecule has 0 aliphatic carbocycles. The van der Waals surface area contributed by atoms with E-state index in [1.165, 1.54) is 0 Å². The molecule has 0 saturated heterocycles. The molecular formula is C28H29N5O4. The van der Waals surface area contributed by atoms with Crippen LogP contribution in [0.25, 0.3) is 33.0 Å². The fraction of sp³-hybridized carbons (Fsp3) is 0.321. The summed E-state index contributed by atoms with van der Waals surface area (Å²) in [5.41, 5.74) is 3.76. The van der Waals surface area contributed by atoms with Gasteiger partial charge in [-0.25, -0.2) is 0 Å². The van der Waals surface area contributed by atoms with Crippen molar-refractivity contribution < 1.29 is 19.1 Å². The maximum absolute atomic E-state index is 13.2. The summed E-state index contributed by atoms with van der Waals surface area (Å²) >= 11 is 0. The van der Waals surface area contributed by atoms with E-state index in [0.717, 1.165) is 34.9 Å². The van der Waals surface area contributed by atoms with Crippen LogP contribution in [-0.2, 0) is 32.2 Å². The minimum absolute atomic E-state index is 0.305. The second-order valence-electron chi connectivity index (χ2n) is 9.40. The van der Waals surface area contributed by atoms with E-state index < -0.39 is 11.8 Å². The van der Waals surface area contributed by atoms with E-state index in [4.69, 9.17) is 14.6 Å². The molecule has 1 N–H and O–H groups in total. The molecule has 190 valence electrons. The molecule has 4 aromatic rings. The van der Waals surface area contributed by atoms with Crippen LogP contribution in [0, 0.1) is 0 Å². The van der Waals surface area contributed by atoms with Crippen molar-refractivity contribution in [3.8, 4) is 0 Å². The first-order valence-corrected chi connectivity index (χ1v) is 12.6. The third-order valence-electron chi connectivity index (χ3n) is 7.04. The monoisotopic (exact) mass is 499 g/mol. The number of carbonyl (C=O) groups is 2. The Morgan fingerprint density at radius 3 is 2.16 bits per heavy atom. The van der Waals surface area contributed by atoms with Crippen molar-refractivity contribution in [2.24, 2.45) is 0 Å². The lowest BCUT2D eigenvalue weighted by Gasteiger charge is -2.17. The lowest BCUT2D eigenvalue weighted by molar-refractivity contribution is -0.122. The van der Waals surface area contributed by atoms with E-state index in [-0.39, 0.29) is 0 Å². The van der Waals surface area contributed by atoms with Crippen LogP contribution in [0.3, 0.4) is 0 Å². The molecule has 0 atom stereocenters. The fourth-order valence-electron chi connectivity index (χ4n) is 5.12. The number of fused-ring (bicyclic) bond motifs is 12. The number of hydrogen-bond donors (Lipinski definition) is 1. The maximum Gasteiger partial charge on any atom is 0.261 e. The standard InChI is InChI=1S/C28H29N5O4/c1-31-10-14-36-16-12-32-18-21(19-6-2-4-8-22(19)32)24-25(28(35)29-27(24)34)26-20-7-3-5-9-23(20)33(30-26)13-17-37-15-11-31/h2-9,18H,10-17H2,1H3,(H,29,34,35). The summed E-state index contributed by atoms with van der Waals surface area (Å²) < 4.78 is 15.8. The lowest BCUT2D eigenvalue weighted by atomic mass is 9.97. The van der Waals surface area contributed by atoms with E-state index in [1.54, 1.807) is 0 Å². The van der Waals surface area contributed by atoms with E-state index in [0.29, 0.717) is 61.9 Å². The van der Waals surface area contributed by atoms with Gasteiger partial charge >= 0.3 is 0 Å². The molecule has 2 aliphatic heterocycles. The van der Waals surface area contributed by atoms with Crippen molar-refractivity contribution in [1.29, 1.82) is 0 Å². The molecule has 2 aromatic carbocycles. The Labute approximate surface area is 214 Å². The van der Waals surface area contributed by atoms with Gasteiger partial charge in [-0.2, -0.15) is 5.10 Å². The molecule has 0 unspecified atom stereocenters. The largest absolute Gasteiger partial charge is 0.378 e. The van der Waals surface area contributed by atoms with Crippen molar-refractivity contribution in [2.45, 2.75) is 13.1 Å². The highest BCUT2D eigenvalue weighted by molar-refractivity contribution is 6.50. The highest BCUT2D eigenvalue weighted by Crippen LogP contribution is 2.37. The van der Waals surface area contributed by atoms with Gasteiger partial charge in [-0.15, -0.1) is 0 Å². The quantitative estimate of drug-likeness (QED) is 0.374. The number of para-hydroxylation sites is 2. The normalized spacial score (nSPS) is 18.5. The van der Waals surface area contributed by atoms with Crippen LogP contribution in [-0.4, -0.2) is 77.6 Å². The summed E-state index contributed by atoms with van der Waals surface area (Å²) in [7, 11) is 2.06. The minimum Gasteiger partial charge on any atom is -0.378 e. The van der Waals surface area contributed by atoms with Gasteiger partial charge in [0, 0.05) is 47.7 Å². The Balaban J connectivity index is 1.53. The second-order valence-corrected chi connectivity index (χ2v) is 9.40. The summed E-state index contributed by atoms with van der Waals surface area (Å²) in [6.07, 6.45) is 1.95. The zero-order valence-electron chi connectivity index (χ0n) is 20.8. The number of nitrogens with zero attached hydrogens (tertiary/aromatic N) is 4. The number of hydrogen-bond acceptors (Lipinski definition) is 6. The predicted octanol–water partition coefficient (Wildman–Crippen LogP) is 2.54. The van der Waals surface area contributed by atoms with E-state index in [9.17, 15) is 9.59 Å². The third-order valence-corrected chi connectivity index (χ3v) is 7.04. The number of likely N-dealkylation sites (N-methyl/N-ethyl adjacent to an activating group) is 1. The molecule has 0 spiro atoms. The first-order chi connectivity index (χ1) is 18.1. The van der Waals surface area contributed by atoms with Crippen LogP contribution in [0.2, 0.25) is 0 Å². The molecule has 0 fully saturated rings. The number of benzene rings is 2. The number of nitrogens with one attached hydrogen (secondary N) is 1. The third kappa shape index (κ3) is 4.35. The van der Waals surface area contributed by atoms with Gasteiger partial charge in [-0.1, -0.05) is 36.4 Å². The van der Waals surface area contributed by atoms with Crippen molar-refractivity contribution in [2.75, 3.05) is 46.6 Å². The smallest absolute Gasteiger partial charge is 0.261 e. The molecular weight excluding hydrogens is 470 g/mol. The van der Waals surface area contributed by atoms with Gasteiger partial charge in [-0.3, -0.25) is 19.6 Å². The van der Waals surface area contributed by atoms with E-state index in [1.807, 2.05) is 59.4 Å². The van der Waals surface area contributed by atoms with Gasteiger partial charge in [0.05, 0.1) is 49.6 Å². The van der Waals surface area contributed by atoms with Gasteiger partial charge in [0.1, 0.15) is 5.69 Å². The van der Waals surface area contributed by atoms with Gasteiger partial charge < -0.3 is 18.9 Å². The Hall–Kier alpha value is -3.79. The van der Waals surface area contributed by atoms with Crippen LogP contribution >= 0.6 is 0 Å². The Kier molecular flexibility index (Phi) is 6.33. The zero-order valence-corrected chi connectivity index (χ0v) is 20.8. The predicted molar refractivity (Wildman–Crippen MR) is 141 cm³/mol. The molecule has 2 aromatic heterocycles. The molecule has 37 heavy (non-hydrogen) atoms. The van der Waals surface area contributed by atoms with Crippen molar-refractivity contribution in [3.05, 3.63) is 66.0 Å². The van der Waals surface area contributed by atoms with Gasteiger partial charge in [-0.05, 0) is 19.2 Å². The highest BCUT2D eigenvalue weighted by Gasteiger charge is 2.36. The van der Waals surface area contributed by atoms with Crippen molar-refractivity contribution >= 4 is 44.8 Å². The average Bonchev–Trinajstić information content (AvgIpc) is 3.54. The second kappa shape index (κ2) is 9.93. The summed E-state index contributed by atoms with van der Waals surface area (Å²) in [6.45, 7) is 5.02. The van der Waals surface area contributed by atoms with Crippen LogP contribution in [0.4, 0.5) is 0 Å². The van der Waals surface area contributed by atoms with Crippen LogP contribution < -0.4 is 5.32 Å². The van der Waals surface area contributed by atoms with Gasteiger partial charge in [0.15, 0.2) is 0 Å². The first kappa shape index (κ1) is 23.6. The number of ether oxygens (including phenoxy) is 2. The van der Waals surface area contributed by atoms with Crippen LogP contribution in [0.1, 0.15) is 11.3 Å². The Bertz CT molecular complexity index is 1420. The number of imide groups is 1. The Morgan fingerprint density at radius 1 is 0.757 bits per heavy atom. The molecule has 2 aliphatic rings. The van der Waals surface area contributed by atoms with E-state index >= 15 is 0 Å². The molecule has 9 nitrogen and oxygen atoms in total. The van der Waals surface area contributed by atoms with E-state index in [2.05, 4.69) is 21.8 Å². The van der Waals surface area contributed by atoms with Gasteiger partial charge in [0.2, 0.25) is 0 Å². The minimum atomic E-state index is -0.430. The summed E-state index contributed by atoms with van der Waals surface area (Å²) in [4.78, 5) is 28.6. The maximum atomic E-state index is 13.2. The summed E-state index contributed by atoms with van der Waals surface area (Å²) in [5, 5.41) is 9.10. The highest BCUT2D eigenvalue weighted by atomic mass is 16.5. The molecule has 0 radical (unpaired) electrons.